The molecule has 3 atom stereocenters. The van der Waals surface area contributed by atoms with E-state index >= 15 is 0 Å². The zero-order chi connectivity index (χ0) is 21.4. The molecule has 30 heavy (non-hydrogen) atoms. The van der Waals surface area contributed by atoms with Crippen molar-refractivity contribution >= 4 is 50.6 Å². The summed E-state index contributed by atoms with van der Waals surface area (Å²) in [5, 5.41) is 5.08. The molecule has 3 aromatic heterocycles. The molecule has 1 saturated heterocycles. The van der Waals surface area contributed by atoms with E-state index in [9.17, 15) is 9.59 Å². The van der Waals surface area contributed by atoms with Gasteiger partial charge in [-0.05, 0) is 43.6 Å². The first-order valence-electron chi connectivity index (χ1n) is 10.4. The second-order valence-corrected chi connectivity index (χ2v) is 11.3. The number of thiophene rings is 2. The number of hydrogen-bond donors (Lipinski definition) is 0. The molecule has 0 bridgehead atoms. The van der Waals surface area contributed by atoms with Crippen molar-refractivity contribution in [2.24, 2.45) is 11.8 Å². The van der Waals surface area contributed by atoms with Gasteiger partial charge in [-0.1, -0.05) is 31.7 Å². The highest BCUT2D eigenvalue weighted by molar-refractivity contribution is 8.00. The largest absolute Gasteiger partial charge is 0.341 e. The second kappa shape index (κ2) is 8.85. The van der Waals surface area contributed by atoms with E-state index in [1.165, 1.54) is 29.5 Å². The Balaban J connectivity index is 1.64. The molecule has 160 valence electrons. The van der Waals surface area contributed by atoms with Gasteiger partial charge in [0.1, 0.15) is 4.83 Å². The lowest BCUT2D eigenvalue weighted by molar-refractivity contribution is -0.132. The van der Waals surface area contributed by atoms with E-state index in [2.05, 4.69) is 13.8 Å². The molecule has 0 spiro atoms. The van der Waals surface area contributed by atoms with E-state index in [-0.39, 0.29) is 16.7 Å². The van der Waals surface area contributed by atoms with Crippen LogP contribution in [0.2, 0.25) is 0 Å². The third kappa shape index (κ3) is 4.09. The van der Waals surface area contributed by atoms with Crippen molar-refractivity contribution in [3.63, 3.8) is 0 Å². The third-order valence-electron chi connectivity index (χ3n) is 5.57. The zero-order valence-corrected chi connectivity index (χ0v) is 20.2. The Morgan fingerprint density at radius 3 is 2.67 bits per heavy atom. The molecule has 4 rings (SSSR count). The first-order chi connectivity index (χ1) is 14.4. The molecule has 0 N–H and O–H groups in total. The molecule has 0 saturated carbocycles. The number of piperidine rings is 1. The van der Waals surface area contributed by atoms with Gasteiger partial charge in [0.05, 0.1) is 10.6 Å². The summed E-state index contributed by atoms with van der Waals surface area (Å²) in [5.41, 5.74) is 0.941. The lowest BCUT2D eigenvalue weighted by atomic mass is 9.92. The molecule has 4 heterocycles. The third-order valence-corrected chi connectivity index (χ3v) is 8.43. The summed E-state index contributed by atoms with van der Waals surface area (Å²) < 4.78 is 1.71. The van der Waals surface area contributed by atoms with Gasteiger partial charge in [-0.2, -0.15) is 0 Å². The summed E-state index contributed by atoms with van der Waals surface area (Å²) in [6.45, 7) is 10.5. The maximum Gasteiger partial charge on any atom is 0.263 e. The average Bonchev–Trinajstić information content (AvgIpc) is 3.36. The molecule has 3 aromatic rings. The molecular weight excluding hydrogens is 434 g/mol. The molecule has 0 aromatic carbocycles. The number of aromatic nitrogens is 2. The van der Waals surface area contributed by atoms with Crippen LogP contribution in [0.25, 0.3) is 20.7 Å². The number of thioether (sulfide) groups is 1. The second-order valence-electron chi connectivity index (χ2n) is 8.20. The van der Waals surface area contributed by atoms with Crippen LogP contribution in [0.5, 0.6) is 0 Å². The van der Waals surface area contributed by atoms with Crippen molar-refractivity contribution in [3.05, 3.63) is 33.2 Å². The van der Waals surface area contributed by atoms with E-state index in [1.54, 1.807) is 15.9 Å². The van der Waals surface area contributed by atoms with Crippen LogP contribution in [0, 0.1) is 11.8 Å². The van der Waals surface area contributed by atoms with Crippen molar-refractivity contribution in [2.75, 3.05) is 13.1 Å². The lowest BCUT2D eigenvalue weighted by Gasteiger charge is -2.36. The predicted molar refractivity (Wildman–Crippen MR) is 128 cm³/mol. The molecule has 1 aliphatic rings. The Bertz CT molecular complexity index is 1090. The average molecular weight is 462 g/mol. The molecule has 0 radical (unpaired) electrons. The molecule has 1 aliphatic heterocycles. The van der Waals surface area contributed by atoms with Gasteiger partial charge in [-0.25, -0.2) is 4.98 Å². The smallest absolute Gasteiger partial charge is 0.263 e. The van der Waals surface area contributed by atoms with Crippen LogP contribution >= 0.6 is 34.4 Å². The van der Waals surface area contributed by atoms with Gasteiger partial charge in [-0.15, -0.1) is 22.7 Å². The Morgan fingerprint density at radius 2 is 2.03 bits per heavy atom. The summed E-state index contributed by atoms with van der Waals surface area (Å²) in [7, 11) is 0. The predicted octanol–water partition coefficient (Wildman–Crippen LogP) is 5.19. The quantitative estimate of drug-likeness (QED) is 0.387. The SMILES string of the molecule is CCn1c(S[C@H](C)C(=O)N2C[C@H](C)C[C@H](C)C2)nc2scc(-c3cccs3)c2c1=O. The fourth-order valence-electron chi connectivity index (χ4n) is 4.30. The van der Waals surface area contributed by atoms with Crippen LogP contribution in [0.15, 0.2) is 32.8 Å². The first kappa shape index (κ1) is 21.6. The van der Waals surface area contributed by atoms with Crippen molar-refractivity contribution in [1.29, 1.82) is 0 Å². The lowest BCUT2D eigenvalue weighted by Crippen LogP contribution is -2.45. The summed E-state index contributed by atoms with van der Waals surface area (Å²) in [6, 6.07) is 4.03. The van der Waals surface area contributed by atoms with Gasteiger partial charge in [0.25, 0.3) is 5.56 Å². The van der Waals surface area contributed by atoms with Crippen LogP contribution in [-0.4, -0.2) is 38.7 Å². The summed E-state index contributed by atoms with van der Waals surface area (Å²) >= 11 is 4.53. The highest BCUT2D eigenvalue weighted by atomic mass is 32.2. The van der Waals surface area contributed by atoms with Crippen LogP contribution < -0.4 is 5.56 Å². The van der Waals surface area contributed by atoms with Gasteiger partial charge in [0, 0.05) is 35.5 Å². The van der Waals surface area contributed by atoms with E-state index in [4.69, 9.17) is 4.98 Å². The van der Waals surface area contributed by atoms with Gasteiger partial charge < -0.3 is 4.90 Å². The first-order valence-corrected chi connectivity index (χ1v) is 13.0. The molecular formula is C22H27N3O2S3. The maximum absolute atomic E-state index is 13.3. The van der Waals surface area contributed by atoms with Crippen molar-refractivity contribution in [2.45, 2.75) is 51.1 Å². The Morgan fingerprint density at radius 1 is 1.30 bits per heavy atom. The number of nitrogens with zero attached hydrogens (tertiary/aromatic N) is 3. The highest BCUT2D eigenvalue weighted by Crippen LogP contribution is 2.35. The summed E-state index contributed by atoms with van der Waals surface area (Å²) in [5.74, 6) is 1.20. The van der Waals surface area contributed by atoms with Crippen LogP contribution in [0.4, 0.5) is 0 Å². The fourth-order valence-corrected chi connectivity index (χ4v) is 7.16. The highest BCUT2D eigenvalue weighted by Gasteiger charge is 2.29. The van der Waals surface area contributed by atoms with Gasteiger partial charge in [0.15, 0.2) is 5.16 Å². The monoisotopic (exact) mass is 461 g/mol. The molecule has 5 nitrogen and oxygen atoms in total. The minimum atomic E-state index is -0.277. The van der Waals surface area contributed by atoms with Crippen LogP contribution in [0.1, 0.15) is 34.1 Å². The summed E-state index contributed by atoms with van der Waals surface area (Å²) in [4.78, 5) is 35.0. The Hall–Kier alpha value is -1.64. The number of fused-ring (bicyclic) bond motifs is 1. The number of carbonyl (C=O) groups excluding carboxylic acids is 1. The zero-order valence-electron chi connectivity index (χ0n) is 17.8. The normalized spacial score (nSPS) is 20.6. The number of carbonyl (C=O) groups is 1. The van der Waals surface area contributed by atoms with Gasteiger partial charge in [0.2, 0.25) is 5.91 Å². The number of amides is 1. The minimum Gasteiger partial charge on any atom is -0.341 e. The van der Waals surface area contributed by atoms with E-state index < -0.39 is 0 Å². The Labute approximate surface area is 189 Å². The molecule has 1 fully saturated rings. The van der Waals surface area contributed by atoms with Crippen LogP contribution in [0.3, 0.4) is 0 Å². The number of likely N-dealkylation sites (tertiary alicyclic amines) is 1. The number of hydrogen-bond acceptors (Lipinski definition) is 6. The van der Waals surface area contributed by atoms with E-state index in [0.29, 0.717) is 28.9 Å². The Kier molecular flexibility index (Phi) is 6.36. The fraction of sp³-hybridized carbons (Fsp3) is 0.500. The molecule has 1 amide bonds. The topological polar surface area (TPSA) is 55.2 Å². The van der Waals surface area contributed by atoms with Crippen molar-refractivity contribution in [1.82, 2.24) is 14.5 Å². The van der Waals surface area contributed by atoms with Gasteiger partial charge >= 0.3 is 0 Å². The molecule has 8 heteroatoms. The van der Waals surface area contributed by atoms with Crippen LogP contribution in [-0.2, 0) is 11.3 Å². The maximum atomic E-state index is 13.3. The van der Waals surface area contributed by atoms with Crippen molar-refractivity contribution in [3.8, 4) is 10.4 Å². The molecule has 0 aliphatic carbocycles. The summed E-state index contributed by atoms with van der Waals surface area (Å²) in [6.07, 6.45) is 1.17. The number of rotatable bonds is 5. The van der Waals surface area contributed by atoms with E-state index in [0.717, 1.165) is 28.4 Å². The minimum absolute atomic E-state index is 0.0190. The molecule has 0 unspecified atom stereocenters. The van der Waals surface area contributed by atoms with Gasteiger partial charge in [-0.3, -0.25) is 14.2 Å². The van der Waals surface area contributed by atoms with Crippen molar-refractivity contribution < 1.29 is 4.79 Å². The standard InChI is InChI=1S/C22H27N3O2S3/c1-5-25-21(27)18-16(17-7-6-8-28-17)12-29-19(18)23-22(25)30-15(4)20(26)24-10-13(2)9-14(3)11-24/h6-8,12-15H,5,9-11H2,1-4H3/t13-,14+,15-/m1/s1. The van der Waals surface area contributed by atoms with E-state index in [1.807, 2.05) is 41.6 Å².